The Hall–Kier alpha value is -0.730. The van der Waals surface area contributed by atoms with Gasteiger partial charge in [-0.15, -0.1) is 0 Å². The van der Waals surface area contributed by atoms with E-state index >= 15 is 0 Å². The molecule has 2 saturated heterocycles. The van der Waals surface area contributed by atoms with Gasteiger partial charge in [0.2, 0.25) is 5.91 Å². The SMILES string of the molecule is C[C@@H]1CC([C@H](O)C(C)(C)O)OC2C[C@@]3(C)[C@@H]4CCC5C(C)(C)[C@@H](OC6CN(C(=O)CC7CCCCC7)CCO6)CCC56C[C@@]46CC[C@]3(C)C21. The second-order valence-corrected chi connectivity index (χ2v) is 20.6. The lowest BCUT2D eigenvalue weighted by atomic mass is 9.41. The molecule has 8 aliphatic rings. The molecule has 6 saturated carbocycles. The van der Waals surface area contributed by atoms with Crippen molar-refractivity contribution in [3.8, 4) is 0 Å². The van der Waals surface area contributed by atoms with Crippen LogP contribution in [0.25, 0.3) is 0 Å². The van der Waals surface area contributed by atoms with Gasteiger partial charge in [-0.2, -0.15) is 0 Å². The number of hydrogen-bond acceptors (Lipinski definition) is 6. The van der Waals surface area contributed by atoms with E-state index in [0.29, 0.717) is 72.4 Å². The van der Waals surface area contributed by atoms with Crippen LogP contribution in [0, 0.1) is 56.7 Å². The number of aliphatic hydroxyl groups excluding tert-OH is 1. The van der Waals surface area contributed by atoms with E-state index in [1.807, 2.05) is 4.90 Å². The molecule has 0 aromatic rings. The number of carbonyl (C=O) groups is 1. The smallest absolute Gasteiger partial charge is 0.223 e. The first-order valence-electron chi connectivity index (χ1n) is 20.7. The monoisotopic (exact) mass is 684 g/mol. The molecule has 2 N–H and O–H groups in total. The molecule has 7 heteroatoms. The molecule has 8 rings (SSSR count). The highest BCUT2D eigenvalue weighted by atomic mass is 16.7. The number of aliphatic hydroxyl groups is 2. The van der Waals surface area contributed by atoms with Crippen molar-refractivity contribution in [2.75, 3.05) is 19.7 Å². The summed E-state index contributed by atoms with van der Waals surface area (Å²) in [6, 6.07) is 0. The molecule has 0 aromatic carbocycles. The molecule has 278 valence electrons. The summed E-state index contributed by atoms with van der Waals surface area (Å²) in [5.41, 5.74) is 0.205. The number of morpholine rings is 1. The fourth-order valence-corrected chi connectivity index (χ4v) is 15.1. The number of carbonyl (C=O) groups excluding carboxylic acids is 1. The zero-order valence-electron chi connectivity index (χ0n) is 32.0. The molecule has 6 unspecified atom stereocenters. The fourth-order valence-electron chi connectivity index (χ4n) is 15.1. The number of hydrogen-bond donors (Lipinski definition) is 2. The standard InChI is InChI=1S/C42H69NO6/c1-26-21-28(36(45)38(4,5)46)48-29-23-40(7)31-14-13-30-37(2,3)32(15-16-41(30)25-42(31,41)18-17-39(40,6)35(26)29)49-34-24-43(19-20-47-34)33(44)22-27-11-9-8-10-12-27/h26-32,34-36,45-46H,8-25H2,1-7H3/t26-,28?,29?,30?,31+,32+,34?,35?,36+,39-,40+,41?,42+/m1/s1. The van der Waals surface area contributed by atoms with Crippen LogP contribution in [0.3, 0.4) is 0 Å². The lowest BCUT2D eigenvalue weighted by molar-refractivity contribution is -0.246. The summed E-state index contributed by atoms with van der Waals surface area (Å²) in [5, 5.41) is 21.7. The number of amides is 1. The quantitative estimate of drug-likeness (QED) is 0.302. The molecule has 1 amide bonds. The molecule has 0 radical (unpaired) electrons. The Bertz CT molecular complexity index is 1270. The first-order chi connectivity index (χ1) is 23.1. The molecule has 49 heavy (non-hydrogen) atoms. The highest BCUT2D eigenvalue weighted by molar-refractivity contribution is 5.76. The Morgan fingerprint density at radius 3 is 2.41 bits per heavy atom. The van der Waals surface area contributed by atoms with Gasteiger partial charge in [0.25, 0.3) is 0 Å². The van der Waals surface area contributed by atoms with E-state index < -0.39 is 11.7 Å². The minimum Gasteiger partial charge on any atom is -0.388 e. The average molecular weight is 684 g/mol. The van der Waals surface area contributed by atoms with Crippen LogP contribution in [0.15, 0.2) is 0 Å². The Morgan fingerprint density at radius 2 is 1.67 bits per heavy atom. The molecule has 2 heterocycles. The summed E-state index contributed by atoms with van der Waals surface area (Å²) >= 11 is 0. The van der Waals surface area contributed by atoms with Crippen LogP contribution < -0.4 is 0 Å². The number of ether oxygens (including phenoxy) is 3. The Balaban J connectivity index is 0.956. The van der Waals surface area contributed by atoms with Gasteiger partial charge in [-0.1, -0.05) is 53.9 Å². The van der Waals surface area contributed by atoms with Crippen molar-refractivity contribution in [1.29, 1.82) is 0 Å². The third-order valence-corrected chi connectivity index (χ3v) is 17.6. The molecular weight excluding hydrogens is 614 g/mol. The molecule has 2 spiro atoms. The predicted molar refractivity (Wildman–Crippen MR) is 189 cm³/mol. The Kier molecular flexibility index (Phi) is 8.57. The summed E-state index contributed by atoms with van der Waals surface area (Å²) in [6.07, 6.45) is 16.6. The normalized spacial score (nSPS) is 49.9. The number of nitrogens with zero attached hydrogens (tertiary/aromatic N) is 1. The van der Waals surface area contributed by atoms with Crippen molar-refractivity contribution >= 4 is 5.91 Å². The van der Waals surface area contributed by atoms with E-state index in [4.69, 9.17) is 14.2 Å². The first kappa shape index (κ1) is 35.3. The third kappa shape index (κ3) is 5.22. The van der Waals surface area contributed by atoms with E-state index in [9.17, 15) is 15.0 Å². The van der Waals surface area contributed by atoms with Crippen molar-refractivity contribution in [3.05, 3.63) is 0 Å². The van der Waals surface area contributed by atoms with Crippen LogP contribution in [0.2, 0.25) is 0 Å². The van der Waals surface area contributed by atoms with E-state index in [1.54, 1.807) is 13.8 Å². The largest absolute Gasteiger partial charge is 0.388 e. The maximum Gasteiger partial charge on any atom is 0.223 e. The summed E-state index contributed by atoms with van der Waals surface area (Å²) in [5.74, 6) is 3.21. The van der Waals surface area contributed by atoms with Gasteiger partial charge in [0, 0.05) is 13.0 Å². The van der Waals surface area contributed by atoms with Gasteiger partial charge in [-0.25, -0.2) is 0 Å². The summed E-state index contributed by atoms with van der Waals surface area (Å²) in [7, 11) is 0. The zero-order valence-corrected chi connectivity index (χ0v) is 32.0. The zero-order chi connectivity index (χ0) is 34.8. The van der Waals surface area contributed by atoms with E-state index in [-0.39, 0.29) is 40.8 Å². The summed E-state index contributed by atoms with van der Waals surface area (Å²) in [6.45, 7) is 17.9. The summed E-state index contributed by atoms with van der Waals surface area (Å²) in [4.78, 5) is 15.3. The topological polar surface area (TPSA) is 88.5 Å². The molecule has 8 fully saturated rings. The second kappa shape index (κ2) is 11.9. The van der Waals surface area contributed by atoms with Gasteiger partial charge in [0.05, 0.1) is 37.1 Å². The lowest BCUT2D eigenvalue weighted by Crippen LogP contribution is -2.59. The van der Waals surface area contributed by atoms with Gasteiger partial charge in [0.1, 0.15) is 6.10 Å². The van der Waals surface area contributed by atoms with Crippen molar-refractivity contribution < 1.29 is 29.2 Å². The van der Waals surface area contributed by atoms with Crippen LogP contribution in [-0.4, -0.2) is 77.0 Å². The van der Waals surface area contributed by atoms with Gasteiger partial charge in [0.15, 0.2) is 6.29 Å². The Labute approximate surface area is 297 Å². The van der Waals surface area contributed by atoms with Gasteiger partial charge in [-0.3, -0.25) is 4.79 Å². The minimum absolute atomic E-state index is 0.0634. The highest BCUT2D eigenvalue weighted by Gasteiger charge is 2.83. The average Bonchev–Trinajstić information content (AvgIpc) is 3.65. The molecule has 2 aliphatic heterocycles. The van der Waals surface area contributed by atoms with Gasteiger partial charge in [-0.05, 0) is 141 Å². The van der Waals surface area contributed by atoms with Crippen molar-refractivity contribution in [2.45, 2.75) is 181 Å². The van der Waals surface area contributed by atoms with E-state index in [1.165, 1.54) is 70.6 Å². The third-order valence-electron chi connectivity index (χ3n) is 17.6. The van der Waals surface area contributed by atoms with Crippen molar-refractivity contribution in [3.63, 3.8) is 0 Å². The van der Waals surface area contributed by atoms with Crippen molar-refractivity contribution in [1.82, 2.24) is 4.90 Å². The molecule has 7 nitrogen and oxygen atoms in total. The number of rotatable bonds is 6. The second-order valence-electron chi connectivity index (χ2n) is 20.6. The molecule has 13 atom stereocenters. The fraction of sp³-hybridized carbons (Fsp3) is 0.976. The lowest BCUT2D eigenvalue weighted by Gasteiger charge is -2.63. The molecule has 6 aliphatic carbocycles. The number of fused-ring (bicyclic) bond motifs is 4. The van der Waals surface area contributed by atoms with Crippen molar-refractivity contribution in [2.24, 2.45) is 56.7 Å². The maximum atomic E-state index is 13.3. The van der Waals surface area contributed by atoms with Crippen LogP contribution in [0.4, 0.5) is 0 Å². The van der Waals surface area contributed by atoms with Crippen LogP contribution >= 0.6 is 0 Å². The minimum atomic E-state index is -1.16. The molecule has 0 aromatic heterocycles. The van der Waals surface area contributed by atoms with E-state index in [0.717, 1.165) is 19.3 Å². The van der Waals surface area contributed by atoms with Gasteiger partial charge < -0.3 is 29.3 Å². The predicted octanol–water partition coefficient (Wildman–Crippen LogP) is 7.50. The summed E-state index contributed by atoms with van der Waals surface area (Å²) < 4.78 is 20.0. The van der Waals surface area contributed by atoms with E-state index in [2.05, 4.69) is 34.6 Å². The first-order valence-corrected chi connectivity index (χ1v) is 20.7. The van der Waals surface area contributed by atoms with Crippen LogP contribution in [-0.2, 0) is 19.0 Å². The highest BCUT2D eigenvalue weighted by Crippen LogP contribution is 2.89. The van der Waals surface area contributed by atoms with Crippen LogP contribution in [0.5, 0.6) is 0 Å². The Morgan fingerprint density at radius 1 is 0.959 bits per heavy atom. The maximum absolute atomic E-state index is 13.3. The van der Waals surface area contributed by atoms with Crippen LogP contribution in [0.1, 0.15) is 145 Å². The van der Waals surface area contributed by atoms with Gasteiger partial charge >= 0.3 is 0 Å². The molecule has 0 bridgehead atoms. The molecular formula is C42H69NO6.